The van der Waals surface area contributed by atoms with Crippen molar-refractivity contribution in [3.8, 4) is 17.1 Å². The van der Waals surface area contributed by atoms with E-state index in [1.54, 1.807) is 26.5 Å². The van der Waals surface area contributed by atoms with Crippen LogP contribution >= 0.6 is 23.2 Å². The van der Waals surface area contributed by atoms with Crippen molar-refractivity contribution in [3.05, 3.63) is 87.0 Å². The summed E-state index contributed by atoms with van der Waals surface area (Å²) in [7, 11) is 5.03. The lowest BCUT2D eigenvalue weighted by Gasteiger charge is -2.37. The van der Waals surface area contributed by atoms with Gasteiger partial charge in [0.05, 0.1) is 41.7 Å². The highest BCUT2D eigenvalue weighted by molar-refractivity contribution is 6.38. The SMILES string of the molecule is COCCN(C)/C=C(\C=C(\Cl)C=O)NC1C2=CC=C(Cl)C(C)C2=C(C)n2c(-c3ccccc3OC)nc(C(=O)O)c21. The Balaban J connectivity index is 2.01. The number of halogens is 2. The molecule has 0 bridgehead atoms. The molecule has 4 rings (SSSR count). The minimum Gasteiger partial charge on any atom is -0.496 e. The number of hydrogen-bond donors (Lipinski definition) is 2. The van der Waals surface area contributed by atoms with Crippen molar-refractivity contribution >= 4 is 41.2 Å². The van der Waals surface area contributed by atoms with Gasteiger partial charge in [-0.05, 0) is 42.4 Å². The summed E-state index contributed by atoms with van der Waals surface area (Å²) in [6.45, 7) is 4.98. The van der Waals surface area contributed by atoms with E-state index in [9.17, 15) is 14.7 Å². The number of carboxylic acid groups (broad SMARTS) is 1. The van der Waals surface area contributed by atoms with Crippen molar-refractivity contribution in [2.75, 3.05) is 34.4 Å². The molecule has 1 aromatic carbocycles. The number of hydrogen-bond acceptors (Lipinski definition) is 7. The first kappa shape index (κ1) is 30.2. The highest BCUT2D eigenvalue weighted by Gasteiger charge is 2.40. The third-order valence-corrected chi connectivity index (χ3v) is 7.73. The van der Waals surface area contributed by atoms with Crippen LogP contribution in [-0.4, -0.2) is 66.2 Å². The molecule has 2 aromatic rings. The number of carbonyl (C=O) groups is 2. The molecule has 0 radical (unpaired) electrons. The van der Waals surface area contributed by atoms with Crippen molar-refractivity contribution in [3.63, 3.8) is 0 Å². The zero-order valence-electron chi connectivity index (χ0n) is 23.4. The van der Waals surface area contributed by atoms with Crippen LogP contribution in [0.2, 0.25) is 0 Å². The summed E-state index contributed by atoms with van der Waals surface area (Å²) < 4.78 is 12.7. The summed E-state index contributed by atoms with van der Waals surface area (Å²) in [6.07, 6.45) is 7.54. The Labute approximate surface area is 249 Å². The van der Waals surface area contributed by atoms with E-state index in [0.29, 0.717) is 53.0 Å². The summed E-state index contributed by atoms with van der Waals surface area (Å²) in [6, 6.07) is 6.64. The number of ether oxygens (including phenoxy) is 2. The lowest BCUT2D eigenvalue weighted by molar-refractivity contribution is -0.104. The topological polar surface area (TPSA) is 106 Å². The lowest BCUT2D eigenvalue weighted by Crippen LogP contribution is -2.33. The van der Waals surface area contributed by atoms with Gasteiger partial charge in [0.2, 0.25) is 0 Å². The third-order valence-electron chi connectivity index (χ3n) is 7.08. The molecule has 2 unspecified atom stereocenters. The maximum Gasteiger partial charge on any atom is 0.356 e. The number of carbonyl (C=O) groups excluding carboxylic acids is 1. The number of rotatable bonds is 11. The first-order chi connectivity index (χ1) is 19.6. The van der Waals surface area contributed by atoms with Crippen LogP contribution < -0.4 is 10.1 Å². The highest BCUT2D eigenvalue weighted by Crippen LogP contribution is 2.48. The van der Waals surface area contributed by atoms with E-state index >= 15 is 0 Å². The Morgan fingerprint density at radius 2 is 2.00 bits per heavy atom. The smallest absolute Gasteiger partial charge is 0.356 e. The number of fused-ring (bicyclic) bond motifs is 2. The van der Waals surface area contributed by atoms with E-state index in [2.05, 4.69) is 10.3 Å². The summed E-state index contributed by atoms with van der Waals surface area (Å²) >= 11 is 12.8. The van der Waals surface area contributed by atoms with Crippen molar-refractivity contribution in [2.24, 2.45) is 5.92 Å². The van der Waals surface area contributed by atoms with E-state index in [4.69, 9.17) is 32.7 Å². The predicted octanol–water partition coefficient (Wildman–Crippen LogP) is 5.57. The Hall–Kier alpha value is -3.79. The second-order valence-corrected chi connectivity index (χ2v) is 10.6. The summed E-state index contributed by atoms with van der Waals surface area (Å²) in [5.74, 6) is -0.370. The molecule has 216 valence electrons. The van der Waals surface area contributed by atoms with E-state index in [-0.39, 0.29) is 16.6 Å². The molecule has 1 aromatic heterocycles. The van der Waals surface area contributed by atoms with E-state index in [1.807, 2.05) is 60.7 Å². The van der Waals surface area contributed by atoms with Gasteiger partial charge in [-0.25, -0.2) is 9.78 Å². The number of aromatic carboxylic acids is 1. The molecule has 11 heteroatoms. The highest BCUT2D eigenvalue weighted by atomic mass is 35.5. The average Bonchev–Trinajstić information content (AvgIpc) is 3.36. The Morgan fingerprint density at radius 1 is 1.27 bits per heavy atom. The second-order valence-electron chi connectivity index (χ2n) is 9.69. The number of nitrogens with zero attached hydrogens (tertiary/aromatic N) is 3. The molecule has 2 atom stereocenters. The van der Waals surface area contributed by atoms with Gasteiger partial charge < -0.3 is 24.8 Å². The third kappa shape index (κ3) is 5.98. The van der Waals surface area contributed by atoms with Gasteiger partial charge >= 0.3 is 5.97 Å². The summed E-state index contributed by atoms with van der Waals surface area (Å²) in [5, 5.41) is 14.4. The van der Waals surface area contributed by atoms with Crippen LogP contribution in [0.5, 0.6) is 5.75 Å². The molecule has 2 aliphatic rings. The Bertz CT molecular complexity index is 1520. The monoisotopic (exact) mass is 598 g/mol. The molecular formula is C30H32Cl2N4O5. The summed E-state index contributed by atoms with van der Waals surface area (Å²) in [4.78, 5) is 30.7. The van der Waals surface area contributed by atoms with Crippen molar-refractivity contribution < 1.29 is 24.2 Å². The molecule has 0 amide bonds. The zero-order valence-corrected chi connectivity index (χ0v) is 25.0. The Morgan fingerprint density at radius 3 is 2.66 bits per heavy atom. The minimum absolute atomic E-state index is 0.0257. The Kier molecular flexibility index (Phi) is 9.42. The van der Waals surface area contributed by atoms with Crippen molar-refractivity contribution in [1.82, 2.24) is 19.8 Å². The van der Waals surface area contributed by atoms with Crippen LogP contribution in [0.4, 0.5) is 0 Å². The van der Waals surface area contributed by atoms with Crippen molar-refractivity contribution in [2.45, 2.75) is 19.9 Å². The van der Waals surface area contributed by atoms with Gasteiger partial charge in [-0.15, -0.1) is 0 Å². The number of likely N-dealkylation sites (N-methyl/N-ethyl adjacent to an activating group) is 1. The quantitative estimate of drug-likeness (QED) is 0.196. The number of methoxy groups -OCH3 is 2. The van der Waals surface area contributed by atoms with E-state index in [0.717, 1.165) is 16.8 Å². The van der Waals surface area contributed by atoms with Crippen LogP contribution in [0, 0.1) is 5.92 Å². The van der Waals surface area contributed by atoms with E-state index < -0.39 is 12.0 Å². The average molecular weight is 600 g/mol. The number of aldehydes is 1. The number of carboxylic acids is 1. The molecule has 0 fully saturated rings. The van der Waals surface area contributed by atoms with Gasteiger partial charge in [-0.2, -0.15) is 0 Å². The van der Waals surface area contributed by atoms with Crippen LogP contribution in [0.3, 0.4) is 0 Å². The predicted molar refractivity (Wildman–Crippen MR) is 160 cm³/mol. The maximum atomic E-state index is 12.7. The number of para-hydroxylation sites is 1. The molecule has 0 saturated heterocycles. The van der Waals surface area contributed by atoms with Crippen LogP contribution in [0.1, 0.15) is 36.1 Å². The number of benzene rings is 1. The minimum atomic E-state index is -1.18. The van der Waals surface area contributed by atoms with Crippen LogP contribution in [0.15, 0.2) is 75.6 Å². The van der Waals surface area contributed by atoms with E-state index in [1.165, 1.54) is 6.08 Å². The number of aromatic nitrogens is 2. The summed E-state index contributed by atoms with van der Waals surface area (Å²) in [5.41, 5.74) is 4.00. The first-order valence-corrected chi connectivity index (χ1v) is 13.7. The second kappa shape index (κ2) is 12.8. The van der Waals surface area contributed by atoms with Gasteiger partial charge in [0.15, 0.2) is 12.0 Å². The normalized spacial score (nSPS) is 18.7. The molecule has 2 N–H and O–H groups in total. The number of allylic oxidation sites excluding steroid dienone is 6. The molecule has 1 aliphatic heterocycles. The molecule has 2 heterocycles. The zero-order chi connectivity index (χ0) is 29.8. The molecule has 9 nitrogen and oxygen atoms in total. The van der Waals surface area contributed by atoms with Gasteiger partial charge in [0.25, 0.3) is 0 Å². The van der Waals surface area contributed by atoms with Crippen LogP contribution in [0.25, 0.3) is 17.1 Å². The van der Waals surface area contributed by atoms with Gasteiger partial charge in [0, 0.05) is 43.5 Å². The van der Waals surface area contributed by atoms with Gasteiger partial charge in [-0.3, -0.25) is 9.36 Å². The maximum absolute atomic E-state index is 12.7. The molecule has 41 heavy (non-hydrogen) atoms. The van der Waals surface area contributed by atoms with Crippen molar-refractivity contribution in [1.29, 1.82) is 0 Å². The van der Waals surface area contributed by atoms with Crippen LogP contribution in [-0.2, 0) is 9.53 Å². The fourth-order valence-corrected chi connectivity index (χ4v) is 5.48. The van der Waals surface area contributed by atoms with Gasteiger partial charge in [-0.1, -0.05) is 48.3 Å². The fourth-order valence-electron chi connectivity index (χ4n) is 5.19. The fraction of sp³-hybridized carbons (Fsp3) is 0.300. The lowest BCUT2D eigenvalue weighted by atomic mass is 9.80. The molecule has 0 spiro atoms. The molecule has 0 saturated carbocycles. The molecule has 1 aliphatic carbocycles. The first-order valence-electron chi connectivity index (χ1n) is 12.9. The standard InChI is InChI=1S/C30H32Cl2N4O5/c1-17-23(32)11-10-22-25(17)18(2)36-28(26(22)33-20(14-19(31)16-37)15-35(3)12-13-40-4)27(30(38)39)34-29(36)21-8-6-7-9-24(21)41-5/h6-11,14-17,26,33H,12-13H2,1-5H3,(H,38,39)/b19-14+,20-15+. The van der Waals surface area contributed by atoms with Gasteiger partial charge in [0.1, 0.15) is 11.6 Å². The number of nitrogens with one attached hydrogen (secondary N) is 1. The largest absolute Gasteiger partial charge is 0.496 e. The molecular weight excluding hydrogens is 567 g/mol. The number of imidazole rings is 1.